The molecule has 0 spiro atoms. The summed E-state index contributed by atoms with van der Waals surface area (Å²) in [6.45, 7) is 2.01. The number of aryl methyl sites for hydroxylation is 1. The number of para-hydroxylation sites is 1. The summed E-state index contributed by atoms with van der Waals surface area (Å²) in [5.41, 5.74) is 3.10. The highest BCUT2D eigenvalue weighted by molar-refractivity contribution is 8.00. The fourth-order valence-electron chi connectivity index (χ4n) is 4.16. The van der Waals surface area contributed by atoms with Gasteiger partial charge in [0.05, 0.1) is 10.2 Å². The minimum Gasteiger partial charge on any atom is -0.311 e. The summed E-state index contributed by atoms with van der Waals surface area (Å²) in [5, 5.41) is 3.55. The fraction of sp³-hybridized carbons (Fsp3) is 0.286. The Morgan fingerprint density at radius 1 is 1.21 bits per heavy atom. The number of carbonyl (C=O) groups is 2. The van der Waals surface area contributed by atoms with Crippen LogP contribution < -0.4 is 5.32 Å². The lowest BCUT2D eigenvalue weighted by molar-refractivity contribution is -0.136. The average Bonchev–Trinajstić information content (AvgIpc) is 3.37. The number of nitrogens with one attached hydrogen (secondary N) is 1. The van der Waals surface area contributed by atoms with Gasteiger partial charge in [-0.25, -0.2) is 4.98 Å². The molecule has 1 N–H and O–H groups in total. The van der Waals surface area contributed by atoms with Crippen molar-refractivity contribution in [2.24, 2.45) is 0 Å². The van der Waals surface area contributed by atoms with Crippen molar-refractivity contribution in [1.29, 1.82) is 0 Å². The van der Waals surface area contributed by atoms with Gasteiger partial charge >= 0.3 is 0 Å². The van der Waals surface area contributed by atoms with Gasteiger partial charge in [-0.3, -0.25) is 9.59 Å². The molecule has 2 aromatic carbocycles. The van der Waals surface area contributed by atoms with Crippen LogP contribution in [0.1, 0.15) is 24.0 Å². The van der Waals surface area contributed by atoms with E-state index in [1.165, 1.54) is 11.3 Å². The van der Waals surface area contributed by atoms with E-state index >= 15 is 0 Å². The maximum absolute atomic E-state index is 13.1. The Morgan fingerprint density at radius 2 is 2.04 bits per heavy atom. The van der Waals surface area contributed by atoms with E-state index in [1.54, 1.807) is 16.7 Å². The molecule has 0 bridgehead atoms. The maximum atomic E-state index is 13.1. The number of carbonyl (C=O) groups excluding carboxylic acids is 2. The Kier molecular flexibility index (Phi) is 4.17. The van der Waals surface area contributed by atoms with Gasteiger partial charge in [0.2, 0.25) is 11.8 Å². The number of benzene rings is 2. The van der Waals surface area contributed by atoms with E-state index in [2.05, 4.69) is 22.4 Å². The monoisotopic (exact) mass is 409 g/mol. The molecular weight excluding hydrogens is 390 g/mol. The summed E-state index contributed by atoms with van der Waals surface area (Å²) in [5.74, 6) is 0.488. The topological polar surface area (TPSA) is 62.3 Å². The lowest BCUT2D eigenvalue weighted by Gasteiger charge is -2.33. The summed E-state index contributed by atoms with van der Waals surface area (Å²) < 4.78 is 1.05. The number of amides is 2. The van der Waals surface area contributed by atoms with Gasteiger partial charge in [0.15, 0.2) is 5.13 Å². The van der Waals surface area contributed by atoms with Crippen molar-refractivity contribution in [2.75, 3.05) is 11.1 Å². The molecule has 2 saturated heterocycles. The van der Waals surface area contributed by atoms with E-state index in [0.29, 0.717) is 17.3 Å². The number of rotatable bonds is 3. The molecule has 2 fully saturated rings. The first-order valence-corrected chi connectivity index (χ1v) is 11.1. The molecule has 2 aliphatic heterocycles. The SMILES string of the molecule is Cc1cccc2sc(NC(=O)[C@@H]3CS[C@]4(c5ccccc5)CCC(=O)N34)nc12. The van der Waals surface area contributed by atoms with Gasteiger partial charge < -0.3 is 10.2 Å². The number of thiazole rings is 1. The smallest absolute Gasteiger partial charge is 0.249 e. The van der Waals surface area contributed by atoms with E-state index in [-0.39, 0.29) is 11.8 Å². The summed E-state index contributed by atoms with van der Waals surface area (Å²) >= 11 is 3.17. The number of hydrogen-bond donors (Lipinski definition) is 1. The Labute approximate surface area is 171 Å². The number of anilines is 1. The van der Waals surface area contributed by atoms with Crippen molar-refractivity contribution in [2.45, 2.75) is 30.7 Å². The Balaban J connectivity index is 1.43. The largest absolute Gasteiger partial charge is 0.311 e. The van der Waals surface area contributed by atoms with Crippen molar-refractivity contribution in [3.05, 3.63) is 59.7 Å². The summed E-state index contributed by atoms with van der Waals surface area (Å²) in [6.07, 6.45) is 1.22. The van der Waals surface area contributed by atoms with E-state index in [0.717, 1.165) is 27.8 Å². The summed E-state index contributed by atoms with van der Waals surface area (Å²) in [4.78, 5) is 31.8. The van der Waals surface area contributed by atoms with Gasteiger partial charge in [-0.05, 0) is 30.5 Å². The molecule has 1 aromatic heterocycles. The number of aromatic nitrogens is 1. The van der Waals surface area contributed by atoms with Crippen LogP contribution in [0.3, 0.4) is 0 Å². The van der Waals surface area contributed by atoms with Crippen LogP contribution in [0, 0.1) is 6.92 Å². The molecule has 2 amide bonds. The van der Waals surface area contributed by atoms with Crippen molar-refractivity contribution < 1.29 is 9.59 Å². The minimum absolute atomic E-state index is 0.0501. The molecular formula is C21H19N3O2S2. The third kappa shape index (κ3) is 2.64. The van der Waals surface area contributed by atoms with Crippen LogP contribution in [0.2, 0.25) is 0 Å². The van der Waals surface area contributed by atoms with Gasteiger partial charge in [0.25, 0.3) is 0 Å². The summed E-state index contributed by atoms with van der Waals surface area (Å²) in [7, 11) is 0. The zero-order valence-corrected chi connectivity index (χ0v) is 17.0. The average molecular weight is 410 g/mol. The summed E-state index contributed by atoms with van der Waals surface area (Å²) in [6, 6.07) is 15.6. The van der Waals surface area contributed by atoms with Gasteiger partial charge in [-0.2, -0.15) is 0 Å². The second-order valence-electron chi connectivity index (χ2n) is 7.17. The first kappa shape index (κ1) is 17.7. The molecule has 142 valence electrons. The third-order valence-corrected chi connectivity index (χ3v) is 8.04. The van der Waals surface area contributed by atoms with E-state index < -0.39 is 10.9 Å². The lowest BCUT2D eigenvalue weighted by atomic mass is 10.0. The highest BCUT2D eigenvalue weighted by Crippen LogP contribution is 2.54. The van der Waals surface area contributed by atoms with Crippen LogP contribution in [0.25, 0.3) is 10.2 Å². The Morgan fingerprint density at radius 3 is 2.82 bits per heavy atom. The quantitative estimate of drug-likeness (QED) is 0.706. The zero-order valence-electron chi connectivity index (χ0n) is 15.3. The second-order valence-corrected chi connectivity index (χ2v) is 9.50. The number of nitrogens with zero attached hydrogens (tertiary/aromatic N) is 2. The van der Waals surface area contributed by atoms with Crippen molar-refractivity contribution in [1.82, 2.24) is 9.88 Å². The van der Waals surface area contributed by atoms with E-state index in [4.69, 9.17) is 0 Å². The standard InChI is InChI=1S/C21H19N3O2S2/c1-13-6-5-9-16-18(13)22-20(28-16)23-19(26)15-12-27-21(11-10-17(25)24(15)21)14-7-3-2-4-8-14/h2-9,15H,10-12H2,1H3,(H,22,23,26)/t15-,21-/m0/s1. The third-order valence-electron chi connectivity index (χ3n) is 5.51. The molecule has 5 nitrogen and oxygen atoms in total. The maximum Gasteiger partial charge on any atom is 0.249 e. The molecule has 0 radical (unpaired) electrons. The molecule has 0 aliphatic carbocycles. The van der Waals surface area contributed by atoms with Crippen molar-refractivity contribution >= 4 is 50.3 Å². The number of fused-ring (bicyclic) bond motifs is 2. The first-order chi connectivity index (χ1) is 13.6. The van der Waals surface area contributed by atoms with Gasteiger partial charge in [-0.15, -0.1) is 11.8 Å². The Hall–Kier alpha value is -2.38. The second kappa shape index (κ2) is 6.60. The molecule has 3 aromatic rings. The van der Waals surface area contributed by atoms with Crippen molar-refractivity contribution in [3.8, 4) is 0 Å². The normalized spacial score (nSPS) is 24.0. The molecule has 2 aliphatic rings. The van der Waals surface area contributed by atoms with Crippen LogP contribution in [0.15, 0.2) is 48.5 Å². The highest BCUT2D eigenvalue weighted by Gasteiger charge is 2.56. The van der Waals surface area contributed by atoms with Gasteiger partial charge in [0.1, 0.15) is 10.9 Å². The predicted octanol–water partition coefficient (Wildman–Crippen LogP) is 4.13. The molecule has 7 heteroatoms. The van der Waals surface area contributed by atoms with Crippen LogP contribution in [-0.4, -0.2) is 33.5 Å². The molecule has 3 heterocycles. The number of thioether (sulfide) groups is 1. The van der Waals surface area contributed by atoms with Gasteiger partial charge in [-0.1, -0.05) is 53.8 Å². The zero-order chi connectivity index (χ0) is 19.3. The van der Waals surface area contributed by atoms with Crippen LogP contribution in [0.5, 0.6) is 0 Å². The highest BCUT2D eigenvalue weighted by atomic mass is 32.2. The molecule has 5 rings (SSSR count). The van der Waals surface area contributed by atoms with Crippen LogP contribution >= 0.6 is 23.1 Å². The van der Waals surface area contributed by atoms with E-state index in [1.807, 2.05) is 43.3 Å². The Bertz CT molecular complexity index is 1080. The van der Waals surface area contributed by atoms with Gasteiger partial charge in [0, 0.05) is 12.2 Å². The van der Waals surface area contributed by atoms with Crippen LogP contribution in [-0.2, 0) is 14.5 Å². The fourth-order valence-corrected chi connectivity index (χ4v) is 6.76. The van der Waals surface area contributed by atoms with Crippen LogP contribution in [0.4, 0.5) is 5.13 Å². The minimum atomic E-state index is -0.478. The number of hydrogen-bond acceptors (Lipinski definition) is 5. The molecule has 28 heavy (non-hydrogen) atoms. The predicted molar refractivity (Wildman–Crippen MR) is 113 cm³/mol. The first-order valence-electron chi connectivity index (χ1n) is 9.27. The van der Waals surface area contributed by atoms with E-state index in [9.17, 15) is 9.59 Å². The molecule has 0 saturated carbocycles. The van der Waals surface area contributed by atoms with Crippen molar-refractivity contribution in [3.63, 3.8) is 0 Å². The lowest BCUT2D eigenvalue weighted by Crippen LogP contribution is -2.48. The molecule has 0 unspecified atom stereocenters. The molecule has 2 atom stereocenters.